The molecule has 0 aromatic carbocycles. The van der Waals surface area contributed by atoms with Gasteiger partial charge in [-0.2, -0.15) is 0 Å². The van der Waals surface area contributed by atoms with Gasteiger partial charge in [-0.3, -0.25) is 0 Å². The predicted molar refractivity (Wildman–Crippen MR) is 91.1 cm³/mol. The second-order valence-electron chi connectivity index (χ2n) is 9.09. The standard InChI is InChI=1S/C18H32O3Si/c1-16(2,3)22(5,6)21-15-8-7-14-13-18(19-11-12-20-18)10-9-17(14,15)4/h8,14H,7,9-13H2,1-6H3/t14-,17+/m1/s1. The Morgan fingerprint density at radius 2 is 1.82 bits per heavy atom. The number of hydrogen-bond acceptors (Lipinski definition) is 3. The first-order valence-corrected chi connectivity index (χ1v) is 11.7. The molecular weight excluding hydrogens is 292 g/mol. The van der Waals surface area contributed by atoms with Gasteiger partial charge in [-0.25, -0.2) is 0 Å². The van der Waals surface area contributed by atoms with Gasteiger partial charge in [-0.05, 0) is 43.0 Å². The fraction of sp³-hybridized carbons (Fsp3) is 0.889. The van der Waals surface area contributed by atoms with Crippen LogP contribution in [0.25, 0.3) is 0 Å². The van der Waals surface area contributed by atoms with Crippen LogP contribution in [-0.2, 0) is 13.9 Å². The molecular formula is C18H32O3Si. The van der Waals surface area contributed by atoms with E-state index in [1.807, 2.05) is 0 Å². The van der Waals surface area contributed by atoms with Crippen LogP contribution in [0.15, 0.2) is 11.8 Å². The van der Waals surface area contributed by atoms with E-state index >= 15 is 0 Å². The maximum absolute atomic E-state index is 6.71. The average molecular weight is 325 g/mol. The summed E-state index contributed by atoms with van der Waals surface area (Å²) in [5.74, 6) is 1.57. The Kier molecular flexibility index (Phi) is 3.82. The predicted octanol–water partition coefficient (Wildman–Crippen LogP) is 4.85. The molecule has 3 aliphatic rings. The summed E-state index contributed by atoms with van der Waals surface area (Å²) >= 11 is 0. The van der Waals surface area contributed by atoms with E-state index in [1.165, 1.54) is 5.76 Å². The lowest BCUT2D eigenvalue weighted by atomic mass is 9.67. The topological polar surface area (TPSA) is 27.7 Å². The Morgan fingerprint density at radius 1 is 1.18 bits per heavy atom. The maximum atomic E-state index is 6.71. The fourth-order valence-electron chi connectivity index (χ4n) is 3.85. The van der Waals surface area contributed by atoms with Gasteiger partial charge in [-0.15, -0.1) is 0 Å². The largest absolute Gasteiger partial charge is 0.546 e. The zero-order valence-corrected chi connectivity index (χ0v) is 16.1. The third kappa shape index (κ3) is 2.57. The van der Waals surface area contributed by atoms with Crippen molar-refractivity contribution in [3.63, 3.8) is 0 Å². The molecule has 2 aliphatic carbocycles. The quantitative estimate of drug-likeness (QED) is 0.680. The number of fused-ring (bicyclic) bond motifs is 1. The van der Waals surface area contributed by atoms with Crippen LogP contribution in [-0.4, -0.2) is 27.3 Å². The Bertz CT molecular complexity index is 471. The first kappa shape index (κ1) is 16.5. The number of rotatable bonds is 2. The third-order valence-corrected chi connectivity index (χ3v) is 11.0. The average Bonchev–Trinajstić information content (AvgIpc) is 2.96. The van der Waals surface area contributed by atoms with E-state index < -0.39 is 8.32 Å². The minimum atomic E-state index is -1.76. The highest BCUT2D eigenvalue weighted by atomic mass is 28.4. The van der Waals surface area contributed by atoms with Crippen molar-refractivity contribution in [2.24, 2.45) is 11.3 Å². The van der Waals surface area contributed by atoms with Gasteiger partial charge < -0.3 is 13.9 Å². The molecule has 1 heterocycles. The SMILES string of the molecule is CC(C)(C)[Si](C)(C)OC1=CC[C@@H]2CC3(CC[C@]12C)OCCO3. The summed E-state index contributed by atoms with van der Waals surface area (Å²) in [6.45, 7) is 15.5. The molecule has 2 fully saturated rings. The van der Waals surface area contributed by atoms with Gasteiger partial charge in [0.15, 0.2) is 5.79 Å². The highest BCUT2D eigenvalue weighted by Crippen LogP contribution is 2.58. The van der Waals surface area contributed by atoms with Crippen molar-refractivity contribution in [3.05, 3.63) is 11.8 Å². The van der Waals surface area contributed by atoms with E-state index in [-0.39, 0.29) is 16.2 Å². The van der Waals surface area contributed by atoms with E-state index in [2.05, 4.69) is 46.9 Å². The lowest BCUT2D eigenvalue weighted by Crippen LogP contribution is -2.47. The number of allylic oxidation sites excluding steroid dienone is 2. The summed E-state index contributed by atoms with van der Waals surface area (Å²) in [5.41, 5.74) is 0.177. The molecule has 0 radical (unpaired) electrons. The van der Waals surface area contributed by atoms with E-state index in [4.69, 9.17) is 13.9 Å². The molecule has 126 valence electrons. The van der Waals surface area contributed by atoms with E-state index in [1.54, 1.807) is 0 Å². The highest BCUT2D eigenvalue weighted by molar-refractivity contribution is 6.74. The van der Waals surface area contributed by atoms with Crippen molar-refractivity contribution in [2.45, 2.75) is 77.3 Å². The van der Waals surface area contributed by atoms with Gasteiger partial charge in [0.05, 0.1) is 19.0 Å². The highest BCUT2D eigenvalue weighted by Gasteiger charge is 2.55. The van der Waals surface area contributed by atoms with Gasteiger partial charge in [0.25, 0.3) is 0 Å². The second-order valence-corrected chi connectivity index (χ2v) is 13.8. The van der Waals surface area contributed by atoms with Crippen LogP contribution in [0, 0.1) is 11.3 Å². The van der Waals surface area contributed by atoms with Gasteiger partial charge in [-0.1, -0.05) is 27.7 Å². The molecule has 1 spiro atoms. The second kappa shape index (κ2) is 5.09. The molecule has 1 saturated carbocycles. The Balaban J connectivity index is 1.75. The Hall–Kier alpha value is -0.323. The van der Waals surface area contributed by atoms with Gasteiger partial charge in [0.1, 0.15) is 0 Å². The molecule has 0 bridgehead atoms. The van der Waals surface area contributed by atoms with Gasteiger partial charge in [0, 0.05) is 18.3 Å². The van der Waals surface area contributed by atoms with Crippen LogP contribution in [0.5, 0.6) is 0 Å². The van der Waals surface area contributed by atoms with Crippen molar-refractivity contribution in [2.75, 3.05) is 13.2 Å². The van der Waals surface area contributed by atoms with E-state index in [9.17, 15) is 0 Å². The van der Waals surface area contributed by atoms with Crippen LogP contribution >= 0.6 is 0 Å². The van der Waals surface area contributed by atoms with Crippen LogP contribution in [0.2, 0.25) is 18.1 Å². The van der Waals surface area contributed by atoms with Crippen LogP contribution < -0.4 is 0 Å². The summed E-state index contributed by atoms with van der Waals surface area (Å²) in [6.07, 6.45) is 6.59. The van der Waals surface area contributed by atoms with Crippen molar-refractivity contribution >= 4 is 8.32 Å². The summed E-state index contributed by atoms with van der Waals surface area (Å²) in [7, 11) is -1.76. The molecule has 1 saturated heterocycles. The normalized spacial score (nSPS) is 34.6. The third-order valence-electron chi connectivity index (χ3n) is 6.62. The molecule has 4 heteroatoms. The number of hydrogen-bond donors (Lipinski definition) is 0. The van der Waals surface area contributed by atoms with E-state index in [0.29, 0.717) is 5.92 Å². The minimum absolute atomic E-state index is 0.177. The van der Waals surface area contributed by atoms with Gasteiger partial charge >= 0.3 is 0 Å². The zero-order valence-electron chi connectivity index (χ0n) is 15.1. The summed E-state index contributed by atoms with van der Waals surface area (Å²) in [4.78, 5) is 0. The fourth-order valence-corrected chi connectivity index (χ4v) is 5.03. The molecule has 0 N–H and O–H groups in total. The molecule has 0 amide bonds. The Labute approximate surface area is 136 Å². The monoisotopic (exact) mass is 324 g/mol. The molecule has 3 rings (SSSR count). The lowest BCUT2D eigenvalue weighted by molar-refractivity contribution is -0.201. The summed E-state index contributed by atoms with van der Waals surface area (Å²) in [6, 6.07) is 0. The zero-order chi connectivity index (χ0) is 16.2. The first-order chi connectivity index (χ1) is 10.1. The van der Waals surface area contributed by atoms with Crippen LogP contribution in [0.3, 0.4) is 0 Å². The molecule has 0 unspecified atom stereocenters. The molecule has 0 aromatic heterocycles. The maximum Gasteiger partial charge on any atom is 0.250 e. The molecule has 0 aromatic rings. The summed E-state index contributed by atoms with van der Waals surface area (Å²) in [5, 5.41) is 0.246. The minimum Gasteiger partial charge on any atom is -0.546 e. The van der Waals surface area contributed by atoms with Crippen molar-refractivity contribution in [1.82, 2.24) is 0 Å². The summed E-state index contributed by atoms with van der Waals surface area (Å²) < 4.78 is 18.6. The number of ether oxygens (including phenoxy) is 2. The van der Waals surface area contributed by atoms with Gasteiger partial charge in [0.2, 0.25) is 8.32 Å². The van der Waals surface area contributed by atoms with E-state index in [0.717, 1.165) is 38.9 Å². The van der Waals surface area contributed by atoms with Crippen LogP contribution in [0.4, 0.5) is 0 Å². The van der Waals surface area contributed by atoms with Crippen molar-refractivity contribution in [3.8, 4) is 0 Å². The van der Waals surface area contributed by atoms with Crippen molar-refractivity contribution in [1.29, 1.82) is 0 Å². The lowest BCUT2D eigenvalue weighted by Gasteiger charge is -2.47. The van der Waals surface area contributed by atoms with Crippen LogP contribution in [0.1, 0.15) is 53.4 Å². The Morgan fingerprint density at radius 3 is 2.41 bits per heavy atom. The molecule has 1 aliphatic heterocycles. The smallest absolute Gasteiger partial charge is 0.250 e. The van der Waals surface area contributed by atoms with Crippen molar-refractivity contribution < 1.29 is 13.9 Å². The molecule has 22 heavy (non-hydrogen) atoms. The molecule has 3 nitrogen and oxygen atoms in total. The molecule has 2 atom stereocenters. The first-order valence-electron chi connectivity index (χ1n) is 8.76.